The maximum absolute atomic E-state index is 7.45. The van der Waals surface area contributed by atoms with Crippen molar-refractivity contribution in [2.24, 2.45) is 0 Å². The van der Waals surface area contributed by atoms with Crippen molar-refractivity contribution in [2.75, 3.05) is 10.2 Å². The number of benzene rings is 20. The number of halogens is 1. The Bertz CT molecular complexity index is 8700. The van der Waals surface area contributed by atoms with Crippen LogP contribution in [0.2, 0.25) is 0 Å². The van der Waals surface area contributed by atoms with Gasteiger partial charge in [0.25, 0.3) is 0 Å². The second kappa shape index (κ2) is 33.2. The number of anilines is 5. The summed E-state index contributed by atoms with van der Waals surface area (Å²) in [4.78, 5) is 2.40. The summed E-state index contributed by atoms with van der Waals surface area (Å²) in [5.74, 6) is 0. The van der Waals surface area contributed by atoms with Gasteiger partial charge in [0.15, 0.2) is 5.58 Å². The summed E-state index contributed by atoms with van der Waals surface area (Å²) in [5.41, 5.74) is 49.4. The van der Waals surface area contributed by atoms with E-state index in [1.54, 1.807) is 0 Å². The van der Waals surface area contributed by atoms with Gasteiger partial charge in [0.1, 0.15) is 16.7 Å². The molecular formula is C136H107BrN2O2. The summed E-state index contributed by atoms with van der Waals surface area (Å²) in [6.07, 6.45) is 0. The van der Waals surface area contributed by atoms with Gasteiger partial charge in [0, 0.05) is 77.1 Å². The molecule has 0 saturated heterocycles. The van der Waals surface area contributed by atoms with Gasteiger partial charge in [0.2, 0.25) is 0 Å². The van der Waals surface area contributed by atoms with E-state index >= 15 is 0 Å². The highest BCUT2D eigenvalue weighted by molar-refractivity contribution is 9.10. The number of furan rings is 2. The Morgan fingerprint density at radius 3 is 0.965 bits per heavy atom. The molecule has 5 heteroatoms. The van der Waals surface area contributed by atoms with Crippen molar-refractivity contribution < 1.29 is 8.83 Å². The van der Waals surface area contributed by atoms with E-state index < -0.39 is 10.8 Å². The zero-order valence-corrected chi connectivity index (χ0v) is 80.5. The molecule has 680 valence electrons. The van der Waals surface area contributed by atoms with E-state index in [0.29, 0.717) is 0 Å². The van der Waals surface area contributed by atoms with Gasteiger partial charge in [-0.1, -0.05) is 458 Å². The summed E-state index contributed by atoms with van der Waals surface area (Å²) in [6, 6.07) is 165. The van der Waals surface area contributed by atoms with Gasteiger partial charge in [0.05, 0.1) is 21.0 Å². The molecule has 22 aromatic rings. The highest BCUT2D eigenvalue weighted by Gasteiger charge is 2.56. The lowest BCUT2D eigenvalue weighted by molar-refractivity contribution is 0.563. The van der Waals surface area contributed by atoms with E-state index in [-0.39, 0.29) is 36.5 Å². The predicted octanol–water partition coefficient (Wildman–Crippen LogP) is 37.4. The molecule has 0 fully saturated rings. The predicted molar refractivity (Wildman–Crippen MR) is 595 cm³/mol. The van der Waals surface area contributed by atoms with Crippen molar-refractivity contribution in [1.82, 2.24) is 0 Å². The van der Waals surface area contributed by atoms with Crippen molar-refractivity contribution in [3.05, 3.63) is 542 Å². The van der Waals surface area contributed by atoms with Crippen LogP contribution in [0.15, 0.2) is 462 Å². The van der Waals surface area contributed by atoms with E-state index in [2.05, 4.69) is 518 Å². The molecule has 1 N–H and O–H groups in total. The molecule has 2 heterocycles. The molecule has 6 aliphatic rings. The topological polar surface area (TPSA) is 41.6 Å². The third kappa shape index (κ3) is 12.9. The van der Waals surface area contributed by atoms with Crippen LogP contribution < -0.4 is 10.2 Å². The first-order chi connectivity index (χ1) is 67.9. The largest absolute Gasteiger partial charge is 0.454 e. The number of fused-ring (bicyclic) bond motifs is 30. The maximum atomic E-state index is 7.45. The van der Waals surface area contributed by atoms with Crippen LogP contribution in [0.5, 0.6) is 0 Å². The van der Waals surface area contributed by atoms with Gasteiger partial charge < -0.3 is 19.1 Å². The Hall–Kier alpha value is -15.9. The highest BCUT2D eigenvalue weighted by atomic mass is 79.9. The summed E-state index contributed by atoms with van der Waals surface area (Å²) in [7, 11) is 0. The van der Waals surface area contributed by atoms with Gasteiger partial charge in [-0.2, -0.15) is 0 Å². The Balaban J connectivity index is 0.000000126. The normalized spacial score (nSPS) is 14.6. The van der Waals surface area contributed by atoms with Gasteiger partial charge in [-0.3, -0.25) is 0 Å². The van der Waals surface area contributed by atoms with Crippen molar-refractivity contribution in [1.29, 1.82) is 0 Å². The van der Waals surface area contributed by atoms with E-state index in [0.717, 1.165) is 87.9 Å². The first-order valence-electron chi connectivity index (χ1n) is 48.7. The smallest absolute Gasteiger partial charge is 0.159 e. The molecule has 2 aromatic heterocycles. The van der Waals surface area contributed by atoms with Crippen LogP contribution >= 0.6 is 15.9 Å². The van der Waals surface area contributed by atoms with E-state index in [4.69, 9.17) is 8.83 Å². The molecule has 2 spiro atoms. The molecule has 6 aliphatic carbocycles. The standard InChI is InChI=1S/C67H49NO.C40H27BrO.C27H23N.2CH4/c1-65(2)53-27-10-8-21-46(53)47-40-39-45(41-60(47)65)68(44-37-35-43(36-38-44)42-19-6-5-7-20-42)61-34-18-26-51-50-25-16-24-49(63(50)69-64(51)61)48-23-17-33-59-62(48)52-22-9-11-28-54(52)67(59)57-31-14-12-29-55(57)66(3,4)56-30-13-15-32-58(56)67;1-39(2)30-18-5-7-20-32(30)40(33-21-8-6-19-31(33)39)29-17-4-3-12-28(29)36-24(13-10-22-34(36)40)25-14-9-15-26-27-16-11-23-35(41)38(27)42-37(25)26;1-27(2)25-11-7-6-10-23(25)24-17-16-22(18-26(24)27)28-21-14-12-20(13-15-21)19-8-4-3-5-9-19;;/h5-41H,1-4H3;3-23H,1-2H3;3-18,28H,1-2H3;2*1H4. The number of para-hydroxylation sites is 4. The third-order valence-electron chi connectivity index (χ3n) is 31.9. The minimum Gasteiger partial charge on any atom is -0.454 e. The Morgan fingerprint density at radius 1 is 0.206 bits per heavy atom. The van der Waals surface area contributed by atoms with Crippen molar-refractivity contribution in [3.8, 4) is 89.0 Å². The molecule has 20 aromatic carbocycles. The number of hydrogen-bond donors (Lipinski definition) is 1. The van der Waals surface area contributed by atoms with Crippen LogP contribution in [0.4, 0.5) is 28.4 Å². The van der Waals surface area contributed by atoms with Gasteiger partial charge in [-0.15, -0.1) is 0 Å². The molecule has 0 bridgehead atoms. The Morgan fingerprint density at radius 2 is 0.504 bits per heavy atom. The summed E-state index contributed by atoms with van der Waals surface area (Å²) in [6.45, 7) is 18.9. The number of rotatable bonds is 9. The quantitative estimate of drug-likeness (QED) is 0.156. The molecule has 0 unspecified atom stereocenters. The van der Waals surface area contributed by atoms with E-state index in [1.165, 1.54) is 167 Å². The summed E-state index contributed by atoms with van der Waals surface area (Å²) in [5, 5.41) is 8.03. The van der Waals surface area contributed by atoms with Gasteiger partial charge in [-0.05, 0) is 243 Å². The number of nitrogens with one attached hydrogen (secondary N) is 1. The van der Waals surface area contributed by atoms with E-state index in [1.807, 2.05) is 12.1 Å². The number of nitrogens with zero attached hydrogens (tertiary/aromatic N) is 1. The fourth-order valence-electron chi connectivity index (χ4n) is 25.5. The van der Waals surface area contributed by atoms with Crippen LogP contribution in [0, 0.1) is 0 Å². The maximum Gasteiger partial charge on any atom is 0.159 e. The monoisotopic (exact) mass is 1880 g/mol. The Labute approximate surface area is 835 Å². The molecule has 141 heavy (non-hydrogen) atoms. The second-order valence-corrected chi connectivity index (χ2v) is 41.3. The minimum atomic E-state index is -0.484. The lowest BCUT2D eigenvalue weighted by Crippen LogP contribution is -2.40. The highest BCUT2D eigenvalue weighted by Crippen LogP contribution is 2.67. The molecule has 0 aliphatic heterocycles. The van der Waals surface area contributed by atoms with Crippen LogP contribution in [-0.4, -0.2) is 0 Å². The van der Waals surface area contributed by atoms with Gasteiger partial charge >= 0.3 is 0 Å². The number of hydrogen-bond acceptors (Lipinski definition) is 4. The second-order valence-electron chi connectivity index (χ2n) is 40.5. The molecular weight excluding hydrogens is 1770 g/mol. The van der Waals surface area contributed by atoms with Crippen LogP contribution in [-0.2, 0) is 32.5 Å². The molecule has 4 nitrogen and oxygen atoms in total. The lowest BCUT2D eigenvalue weighted by Gasteiger charge is -2.46. The first kappa shape index (κ1) is 87.8. The summed E-state index contributed by atoms with van der Waals surface area (Å²) < 4.78 is 15.1. The zero-order chi connectivity index (χ0) is 93.6. The first-order valence-corrected chi connectivity index (χ1v) is 49.5. The molecule has 28 rings (SSSR count). The van der Waals surface area contributed by atoms with Crippen LogP contribution in [0.25, 0.3) is 133 Å². The third-order valence-corrected chi connectivity index (χ3v) is 32.5. The van der Waals surface area contributed by atoms with Crippen molar-refractivity contribution in [2.45, 2.75) is 103 Å². The van der Waals surface area contributed by atoms with Crippen molar-refractivity contribution in [3.63, 3.8) is 0 Å². The molecule has 0 saturated carbocycles. The molecule has 0 amide bonds. The Kier molecular flexibility index (Phi) is 20.7. The van der Waals surface area contributed by atoms with E-state index in [9.17, 15) is 0 Å². The summed E-state index contributed by atoms with van der Waals surface area (Å²) >= 11 is 3.72. The van der Waals surface area contributed by atoms with Gasteiger partial charge in [-0.25, -0.2) is 0 Å². The van der Waals surface area contributed by atoms with Crippen LogP contribution in [0.3, 0.4) is 0 Å². The fourth-order valence-corrected chi connectivity index (χ4v) is 25.9. The molecule has 0 atom stereocenters. The minimum absolute atomic E-state index is 0. The van der Waals surface area contributed by atoms with Crippen molar-refractivity contribution >= 4 is 88.2 Å². The zero-order valence-electron chi connectivity index (χ0n) is 78.9. The lowest BCUT2D eigenvalue weighted by atomic mass is 9.55. The SMILES string of the molecule is C.C.CC1(C)c2ccccc2-c2ccc(N(c3ccc(-c4ccccc4)cc3)c3cccc4c3oc3c(-c5cccc6c5-c5ccccc5C65c6ccccc6C(C)(C)c6ccccc65)cccc34)cc21.CC1(C)c2ccccc2-c2ccc(Nc3ccc(-c4ccccc4)cc3)cc21.CC1(C)c2ccccc2C2(c3ccccc3-c3c(-c4cccc5c4oc4c(Br)cccc45)cccc32)c2ccccc21. The average molecular weight is 1880 g/mol. The molecule has 0 radical (unpaired) electrons. The average Bonchev–Trinajstić information content (AvgIpc) is 1.52. The fraction of sp³-hybridized carbons (Fsp3) is 0.118. The van der Waals surface area contributed by atoms with Crippen LogP contribution in [0.1, 0.15) is 159 Å².